The van der Waals surface area contributed by atoms with Gasteiger partial charge in [-0.05, 0) is 32.0 Å². The molecule has 6 nitrogen and oxygen atoms in total. The lowest BCUT2D eigenvalue weighted by Crippen LogP contribution is -2.34. The molecule has 1 amide bonds. The molecule has 0 saturated carbocycles. The summed E-state index contributed by atoms with van der Waals surface area (Å²) in [6.45, 7) is 5.72. The summed E-state index contributed by atoms with van der Waals surface area (Å²) in [4.78, 5) is 14.1. The van der Waals surface area contributed by atoms with Crippen molar-refractivity contribution in [3.05, 3.63) is 23.8 Å². The fourth-order valence-corrected chi connectivity index (χ4v) is 2.56. The second kappa shape index (κ2) is 7.42. The van der Waals surface area contributed by atoms with Gasteiger partial charge >= 0.3 is 0 Å². The van der Waals surface area contributed by atoms with Gasteiger partial charge in [0.15, 0.2) is 9.84 Å². The zero-order valence-corrected chi connectivity index (χ0v) is 13.4. The van der Waals surface area contributed by atoms with Crippen LogP contribution in [0.3, 0.4) is 0 Å². The highest BCUT2D eigenvalue weighted by molar-refractivity contribution is 7.90. The van der Waals surface area contributed by atoms with Gasteiger partial charge in [0.1, 0.15) is 0 Å². The van der Waals surface area contributed by atoms with Gasteiger partial charge in [0.25, 0.3) is 5.91 Å². The number of amides is 1. The van der Waals surface area contributed by atoms with E-state index in [1.54, 1.807) is 4.90 Å². The van der Waals surface area contributed by atoms with Gasteiger partial charge < -0.3 is 15.4 Å². The minimum Gasteiger partial charge on any atom is -0.399 e. The van der Waals surface area contributed by atoms with Crippen molar-refractivity contribution in [3.63, 3.8) is 0 Å². The van der Waals surface area contributed by atoms with E-state index in [0.29, 0.717) is 26.3 Å². The zero-order valence-electron chi connectivity index (χ0n) is 12.6. The minimum absolute atomic E-state index is 0.0479. The van der Waals surface area contributed by atoms with E-state index in [-0.39, 0.29) is 22.1 Å². The third-order valence-electron chi connectivity index (χ3n) is 2.98. The quantitative estimate of drug-likeness (QED) is 0.603. The molecule has 1 aromatic carbocycles. The Labute approximate surface area is 125 Å². The summed E-state index contributed by atoms with van der Waals surface area (Å²) < 4.78 is 28.5. The Balaban J connectivity index is 3.03. The van der Waals surface area contributed by atoms with Crippen molar-refractivity contribution in [1.82, 2.24) is 4.90 Å². The van der Waals surface area contributed by atoms with Crippen molar-refractivity contribution in [2.45, 2.75) is 18.7 Å². The number of carbonyl (C=O) groups is 1. The first kappa shape index (κ1) is 17.5. The summed E-state index contributed by atoms with van der Waals surface area (Å²) in [5.74, 6) is -0.255. The van der Waals surface area contributed by atoms with Gasteiger partial charge in [0, 0.05) is 37.2 Å². The molecule has 0 aromatic heterocycles. The highest BCUT2D eigenvalue weighted by Gasteiger charge is 2.17. The van der Waals surface area contributed by atoms with Crippen molar-refractivity contribution >= 4 is 21.4 Å². The maximum Gasteiger partial charge on any atom is 0.254 e. The molecule has 0 radical (unpaired) electrons. The van der Waals surface area contributed by atoms with Crippen LogP contribution in [0.2, 0.25) is 0 Å². The zero-order chi connectivity index (χ0) is 16.0. The fraction of sp³-hybridized carbons (Fsp3) is 0.500. The number of rotatable bonds is 7. The number of benzene rings is 1. The van der Waals surface area contributed by atoms with Crippen molar-refractivity contribution in [2.75, 3.05) is 38.3 Å². The summed E-state index contributed by atoms with van der Waals surface area (Å²) in [6, 6.07) is 4.19. The summed E-state index contributed by atoms with van der Waals surface area (Å²) in [6.07, 6.45) is 1.09. The maximum atomic E-state index is 12.4. The monoisotopic (exact) mass is 314 g/mol. The van der Waals surface area contributed by atoms with Gasteiger partial charge in [-0.25, -0.2) is 8.42 Å². The first-order valence-electron chi connectivity index (χ1n) is 6.77. The summed E-state index contributed by atoms with van der Waals surface area (Å²) in [5, 5.41) is 0. The van der Waals surface area contributed by atoms with Crippen LogP contribution in [-0.4, -0.2) is 51.8 Å². The SMILES string of the molecule is CCOCCN(CC)C(=O)c1cc(N)cc(S(C)(=O)=O)c1. The van der Waals surface area contributed by atoms with Gasteiger partial charge in [-0.1, -0.05) is 0 Å². The number of carbonyl (C=O) groups excluding carboxylic acids is 1. The Hall–Kier alpha value is -1.60. The molecule has 0 aliphatic carbocycles. The van der Waals surface area contributed by atoms with Gasteiger partial charge in [-0.15, -0.1) is 0 Å². The van der Waals surface area contributed by atoms with E-state index >= 15 is 0 Å². The Kier molecular flexibility index (Phi) is 6.17. The van der Waals surface area contributed by atoms with Crippen LogP contribution in [0.25, 0.3) is 0 Å². The third kappa shape index (κ3) is 5.02. The number of likely N-dealkylation sites (N-methyl/N-ethyl adjacent to an activating group) is 1. The predicted molar refractivity (Wildman–Crippen MR) is 82.0 cm³/mol. The van der Waals surface area contributed by atoms with Crippen molar-refractivity contribution < 1.29 is 17.9 Å². The summed E-state index contributed by atoms with van der Waals surface area (Å²) in [7, 11) is -3.41. The highest BCUT2D eigenvalue weighted by atomic mass is 32.2. The van der Waals surface area contributed by atoms with Crippen LogP contribution in [0, 0.1) is 0 Å². The first-order chi connectivity index (χ1) is 9.79. The Morgan fingerprint density at radius 3 is 2.48 bits per heavy atom. The Morgan fingerprint density at radius 1 is 1.29 bits per heavy atom. The molecule has 0 aliphatic rings. The van der Waals surface area contributed by atoms with E-state index in [9.17, 15) is 13.2 Å². The molecule has 0 bridgehead atoms. The van der Waals surface area contributed by atoms with E-state index in [1.165, 1.54) is 18.2 Å². The number of hydrogen-bond donors (Lipinski definition) is 1. The van der Waals surface area contributed by atoms with Crippen LogP contribution in [-0.2, 0) is 14.6 Å². The fourth-order valence-electron chi connectivity index (χ4n) is 1.86. The molecule has 0 aliphatic heterocycles. The third-order valence-corrected chi connectivity index (χ3v) is 4.07. The maximum absolute atomic E-state index is 12.4. The second-order valence-electron chi connectivity index (χ2n) is 4.64. The summed E-state index contributed by atoms with van der Waals surface area (Å²) >= 11 is 0. The molecule has 0 fully saturated rings. The minimum atomic E-state index is -3.41. The molecule has 0 spiro atoms. The lowest BCUT2D eigenvalue weighted by Gasteiger charge is -2.21. The standard InChI is InChI=1S/C14H22N2O4S/c1-4-16(6-7-20-5-2)14(17)11-8-12(15)10-13(9-11)21(3,18)19/h8-10H,4-7,15H2,1-3H3. The van der Waals surface area contributed by atoms with Gasteiger partial charge in [0.2, 0.25) is 0 Å². The largest absolute Gasteiger partial charge is 0.399 e. The number of nitrogens with two attached hydrogens (primary N) is 1. The average Bonchev–Trinajstić information content (AvgIpc) is 2.41. The van der Waals surface area contributed by atoms with E-state index in [4.69, 9.17) is 10.5 Å². The van der Waals surface area contributed by atoms with Gasteiger partial charge in [0.05, 0.1) is 11.5 Å². The topological polar surface area (TPSA) is 89.7 Å². The molecule has 21 heavy (non-hydrogen) atoms. The van der Waals surface area contributed by atoms with Crippen LogP contribution in [0.5, 0.6) is 0 Å². The van der Waals surface area contributed by atoms with Crippen LogP contribution in [0.1, 0.15) is 24.2 Å². The van der Waals surface area contributed by atoms with Crippen molar-refractivity contribution in [1.29, 1.82) is 0 Å². The second-order valence-corrected chi connectivity index (χ2v) is 6.66. The van der Waals surface area contributed by atoms with Crippen molar-refractivity contribution in [2.24, 2.45) is 0 Å². The average molecular weight is 314 g/mol. The molecule has 0 heterocycles. The number of anilines is 1. The molecule has 7 heteroatoms. The van der Waals surface area contributed by atoms with Gasteiger partial charge in [-0.3, -0.25) is 4.79 Å². The number of ether oxygens (including phenoxy) is 1. The van der Waals surface area contributed by atoms with Crippen LogP contribution >= 0.6 is 0 Å². The molecule has 1 rings (SSSR count). The van der Waals surface area contributed by atoms with Crippen molar-refractivity contribution in [3.8, 4) is 0 Å². The Morgan fingerprint density at radius 2 is 1.95 bits per heavy atom. The van der Waals surface area contributed by atoms with E-state index in [1.807, 2.05) is 13.8 Å². The molecule has 2 N–H and O–H groups in total. The van der Waals surface area contributed by atoms with E-state index in [0.717, 1.165) is 6.26 Å². The first-order valence-corrected chi connectivity index (χ1v) is 8.66. The molecule has 0 unspecified atom stereocenters. The molecule has 118 valence electrons. The summed E-state index contributed by atoms with van der Waals surface area (Å²) in [5.41, 5.74) is 6.22. The molecule has 1 aromatic rings. The van der Waals surface area contributed by atoms with Crippen LogP contribution in [0.4, 0.5) is 5.69 Å². The molecular weight excluding hydrogens is 292 g/mol. The number of nitrogens with zero attached hydrogens (tertiary/aromatic N) is 1. The lowest BCUT2D eigenvalue weighted by atomic mass is 10.1. The van der Waals surface area contributed by atoms with E-state index < -0.39 is 9.84 Å². The predicted octanol–water partition coefficient (Wildman–Crippen LogP) is 1.17. The van der Waals surface area contributed by atoms with E-state index in [2.05, 4.69) is 0 Å². The normalized spacial score (nSPS) is 11.4. The van der Waals surface area contributed by atoms with Gasteiger partial charge in [-0.2, -0.15) is 0 Å². The number of hydrogen-bond acceptors (Lipinski definition) is 5. The smallest absolute Gasteiger partial charge is 0.254 e. The highest BCUT2D eigenvalue weighted by Crippen LogP contribution is 2.18. The number of nitrogen functional groups attached to an aromatic ring is 1. The number of sulfone groups is 1. The van der Waals surface area contributed by atoms with Crippen LogP contribution < -0.4 is 5.73 Å². The molecule has 0 atom stereocenters. The lowest BCUT2D eigenvalue weighted by molar-refractivity contribution is 0.0669. The molecule has 0 saturated heterocycles. The molecular formula is C14H22N2O4S. The van der Waals surface area contributed by atoms with Crippen LogP contribution in [0.15, 0.2) is 23.1 Å². The Bertz CT molecular complexity index is 599.